The van der Waals surface area contributed by atoms with Gasteiger partial charge in [-0.1, -0.05) is 26.0 Å². The van der Waals surface area contributed by atoms with E-state index in [0.717, 1.165) is 5.52 Å². The molecule has 18 heavy (non-hydrogen) atoms. The molecule has 3 nitrogen and oxygen atoms in total. The van der Waals surface area contributed by atoms with E-state index in [2.05, 4.69) is 54.0 Å². The van der Waals surface area contributed by atoms with Crippen molar-refractivity contribution in [3.8, 4) is 0 Å². The van der Waals surface area contributed by atoms with Crippen LogP contribution in [0.1, 0.15) is 32.7 Å². The third kappa shape index (κ3) is 1.65. The molecule has 2 atom stereocenters. The van der Waals surface area contributed by atoms with Crippen LogP contribution in [0.5, 0.6) is 0 Å². The average molecular weight is 243 g/mol. The Labute approximate surface area is 108 Å². The summed E-state index contributed by atoms with van der Waals surface area (Å²) < 4.78 is 2.35. The lowest BCUT2D eigenvalue weighted by atomic mass is 9.86. The smallest absolute Gasteiger partial charge is 0.0961 e. The molecule has 0 radical (unpaired) electrons. The van der Waals surface area contributed by atoms with Gasteiger partial charge in [0.1, 0.15) is 0 Å². The maximum atomic E-state index is 4.51. The number of imidazole rings is 1. The standard InChI is InChI=1S/C15H21N3/c1-15(2)9-8-13(14(15)16-3)18-10-17-11-6-4-5-7-12(11)18/h4-7,10,13-14,16H,8-9H2,1-3H3. The summed E-state index contributed by atoms with van der Waals surface area (Å²) in [7, 11) is 2.07. The van der Waals surface area contributed by atoms with Crippen molar-refractivity contribution in [2.45, 2.75) is 38.8 Å². The molecule has 96 valence electrons. The summed E-state index contributed by atoms with van der Waals surface area (Å²) in [6.07, 6.45) is 4.48. The van der Waals surface area contributed by atoms with E-state index < -0.39 is 0 Å². The monoisotopic (exact) mass is 243 g/mol. The Morgan fingerprint density at radius 2 is 2.11 bits per heavy atom. The molecule has 1 aliphatic rings. The van der Waals surface area contributed by atoms with Crippen molar-refractivity contribution in [2.24, 2.45) is 5.41 Å². The minimum absolute atomic E-state index is 0.352. The summed E-state index contributed by atoms with van der Waals surface area (Å²) in [5.41, 5.74) is 2.70. The molecule has 1 heterocycles. The molecule has 0 spiro atoms. The van der Waals surface area contributed by atoms with Crippen LogP contribution in [0.15, 0.2) is 30.6 Å². The normalized spacial score (nSPS) is 26.8. The number of nitrogens with one attached hydrogen (secondary N) is 1. The molecule has 0 bridgehead atoms. The molecular formula is C15H21N3. The van der Waals surface area contributed by atoms with Gasteiger partial charge in [0.2, 0.25) is 0 Å². The second-order valence-electron chi connectivity index (χ2n) is 6.00. The van der Waals surface area contributed by atoms with Gasteiger partial charge in [-0.3, -0.25) is 0 Å². The van der Waals surface area contributed by atoms with E-state index in [-0.39, 0.29) is 0 Å². The molecule has 0 saturated heterocycles. The van der Waals surface area contributed by atoms with Gasteiger partial charge in [-0.2, -0.15) is 0 Å². The SMILES string of the molecule is CNC1C(n2cnc3ccccc32)CCC1(C)C. The molecule has 1 aromatic carbocycles. The largest absolute Gasteiger partial charge is 0.326 e. The van der Waals surface area contributed by atoms with E-state index in [9.17, 15) is 0 Å². The fourth-order valence-corrected chi connectivity index (χ4v) is 3.49. The highest BCUT2D eigenvalue weighted by Gasteiger charge is 2.42. The van der Waals surface area contributed by atoms with Crippen LogP contribution in [0.3, 0.4) is 0 Å². The molecule has 2 aromatic rings. The van der Waals surface area contributed by atoms with E-state index in [0.29, 0.717) is 17.5 Å². The third-order valence-electron chi connectivity index (χ3n) is 4.46. The summed E-state index contributed by atoms with van der Waals surface area (Å²) in [4.78, 5) is 4.51. The first kappa shape index (κ1) is 11.7. The maximum absolute atomic E-state index is 4.51. The Bertz CT molecular complexity index is 556. The van der Waals surface area contributed by atoms with Gasteiger partial charge in [0.15, 0.2) is 0 Å². The zero-order valence-electron chi connectivity index (χ0n) is 11.4. The second-order valence-corrected chi connectivity index (χ2v) is 6.00. The predicted molar refractivity (Wildman–Crippen MR) is 74.6 cm³/mol. The van der Waals surface area contributed by atoms with Crippen LogP contribution in [-0.2, 0) is 0 Å². The second kappa shape index (κ2) is 4.09. The van der Waals surface area contributed by atoms with Crippen LogP contribution in [-0.4, -0.2) is 22.6 Å². The highest BCUT2D eigenvalue weighted by molar-refractivity contribution is 5.75. The van der Waals surface area contributed by atoms with Crippen LogP contribution in [0.4, 0.5) is 0 Å². The van der Waals surface area contributed by atoms with Gasteiger partial charge >= 0.3 is 0 Å². The predicted octanol–water partition coefficient (Wildman–Crippen LogP) is 2.99. The highest BCUT2D eigenvalue weighted by Crippen LogP contribution is 2.44. The van der Waals surface area contributed by atoms with E-state index in [1.165, 1.54) is 18.4 Å². The minimum atomic E-state index is 0.352. The first-order valence-electron chi connectivity index (χ1n) is 6.72. The number of nitrogens with zero attached hydrogens (tertiary/aromatic N) is 2. The van der Waals surface area contributed by atoms with Gasteiger partial charge < -0.3 is 9.88 Å². The van der Waals surface area contributed by atoms with Crippen LogP contribution in [0.2, 0.25) is 0 Å². The highest BCUT2D eigenvalue weighted by atomic mass is 15.1. The number of hydrogen-bond acceptors (Lipinski definition) is 2. The topological polar surface area (TPSA) is 29.9 Å². The molecular weight excluding hydrogens is 222 g/mol. The number of aromatic nitrogens is 2. The number of para-hydroxylation sites is 2. The zero-order valence-corrected chi connectivity index (χ0v) is 11.4. The van der Waals surface area contributed by atoms with Crippen LogP contribution in [0.25, 0.3) is 11.0 Å². The quantitative estimate of drug-likeness (QED) is 0.878. The fraction of sp³-hybridized carbons (Fsp3) is 0.533. The van der Waals surface area contributed by atoms with Gasteiger partial charge in [0.25, 0.3) is 0 Å². The molecule has 3 heteroatoms. The Hall–Kier alpha value is -1.35. The Kier molecular flexibility index (Phi) is 2.67. The van der Waals surface area contributed by atoms with Crippen molar-refractivity contribution < 1.29 is 0 Å². The van der Waals surface area contributed by atoms with Gasteiger partial charge in [-0.15, -0.1) is 0 Å². The Balaban J connectivity index is 2.05. The summed E-state index contributed by atoms with van der Waals surface area (Å²) >= 11 is 0. The molecule has 0 amide bonds. The number of fused-ring (bicyclic) bond motifs is 1. The van der Waals surface area contributed by atoms with Gasteiger partial charge in [-0.05, 0) is 37.4 Å². The van der Waals surface area contributed by atoms with Crippen molar-refractivity contribution in [2.75, 3.05) is 7.05 Å². The van der Waals surface area contributed by atoms with E-state index >= 15 is 0 Å². The first-order valence-corrected chi connectivity index (χ1v) is 6.72. The molecule has 3 rings (SSSR count). The van der Waals surface area contributed by atoms with Crippen molar-refractivity contribution >= 4 is 11.0 Å². The maximum Gasteiger partial charge on any atom is 0.0961 e. The molecule has 2 unspecified atom stereocenters. The van der Waals surface area contributed by atoms with Crippen molar-refractivity contribution in [1.29, 1.82) is 0 Å². The van der Waals surface area contributed by atoms with Gasteiger partial charge in [0.05, 0.1) is 23.4 Å². The van der Waals surface area contributed by atoms with Crippen LogP contribution >= 0.6 is 0 Å². The first-order chi connectivity index (χ1) is 8.63. The molecule has 1 N–H and O–H groups in total. The summed E-state index contributed by atoms with van der Waals surface area (Å²) in [5.74, 6) is 0. The van der Waals surface area contributed by atoms with Crippen LogP contribution in [0, 0.1) is 5.41 Å². The van der Waals surface area contributed by atoms with Gasteiger partial charge in [-0.25, -0.2) is 4.98 Å². The minimum Gasteiger partial charge on any atom is -0.326 e. The number of likely N-dealkylation sites (N-methyl/N-ethyl adjacent to an activating group) is 1. The Morgan fingerprint density at radius 1 is 1.33 bits per heavy atom. The Morgan fingerprint density at radius 3 is 2.89 bits per heavy atom. The van der Waals surface area contributed by atoms with Gasteiger partial charge in [0, 0.05) is 6.04 Å². The lowest BCUT2D eigenvalue weighted by molar-refractivity contribution is 0.263. The summed E-state index contributed by atoms with van der Waals surface area (Å²) in [6.45, 7) is 4.71. The lowest BCUT2D eigenvalue weighted by Gasteiger charge is -2.31. The number of hydrogen-bond donors (Lipinski definition) is 1. The average Bonchev–Trinajstić information content (AvgIpc) is 2.89. The van der Waals surface area contributed by atoms with E-state index in [1.807, 2.05) is 12.4 Å². The lowest BCUT2D eigenvalue weighted by Crippen LogP contribution is -2.40. The number of rotatable bonds is 2. The molecule has 1 fully saturated rings. The third-order valence-corrected chi connectivity index (χ3v) is 4.46. The van der Waals surface area contributed by atoms with E-state index in [4.69, 9.17) is 0 Å². The summed E-state index contributed by atoms with van der Waals surface area (Å²) in [5, 5.41) is 3.51. The van der Waals surface area contributed by atoms with E-state index in [1.54, 1.807) is 0 Å². The molecule has 1 aliphatic carbocycles. The molecule has 1 aromatic heterocycles. The fourth-order valence-electron chi connectivity index (χ4n) is 3.49. The number of benzene rings is 1. The summed E-state index contributed by atoms with van der Waals surface area (Å²) in [6, 6.07) is 9.41. The zero-order chi connectivity index (χ0) is 12.8. The van der Waals surface area contributed by atoms with Crippen molar-refractivity contribution in [1.82, 2.24) is 14.9 Å². The molecule has 0 aliphatic heterocycles. The molecule has 1 saturated carbocycles. The van der Waals surface area contributed by atoms with Crippen molar-refractivity contribution in [3.63, 3.8) is 0 Å². The van der Waals surface area contributed by atoms with Crippen molar-refractivity contribution in [3.05, 3.63) is 30.6 Å². The van der Waals surface area contributed by atoms with Crippen LogP contribution < -0.4 is 5.32 Å².